The van der Waals surface area contributed by atoms with Crippen LogP contribution in [0.15, 0.2) is 48.5 Å². The Morgan fingerprint density at radius 3 is 1.89 bits per heavy atom. The number of nitrogens with zero attached hydrogens (tertiary/aromatic N) is 3. The number of anilines is 1. The average Bonchev–Trinajstić information content (AvgIpc) is 3.28. The molecule has 146 valence electrons. The van der Waals surface area contributed by atoms with E-state index in [4.69, 9.17) is 11.6 Å². The van der Waals surface area contributed by atoms with Crippen LogP contribution in [0.5, 0.6) is 0 Å². The quantitative estimate of drug-likeness (QED) is 0.795. The lowest BCUT2D eigenvalue weighted by Gasteiger charge is -2.35. The number of carbonyl (C=O) groups excluding carboxylic acids is 2. The molecule has 2 aliphatic heterocycles. The molecule has 2 heterocycles. The number of piperazine rings is 1. The first-order valence-electron chi connectivity index (χ1n) is 9.81. The molecule has 0 saturated carbocycles. The van der Waals surface area contributed by atoms with Crippen molar-refractivity contribution in [3.05, 3.63) is 64.7 Å². The first kappa shape index (κ1) is 18.8. The van der Waals surface area contributed by atoms with E-state index in [0.29, 0.717) is 42.3 Å². The third-order valence-corrected chi connectivity index (χ3v) is 5.87. The first-order chi connectivity index (χ1) is 13.6. The van der Waals surface area contributed by atoms with Gasteiger partial charge in [-0.05, 0) is 49.2 Å². The number of carbonyl (C=O) groups is 2. The summed E-state index contributed by atoms with van der Waals surface area (Å²) in [6.07, 6.45) is 2.47. The van der Waals surface area contributed by atoms with Gasteiger partial charge >= 0.3 is 0 Å². The fourth-order valence-corrected chi connectivity index (χ4v) is 4.11. The van der Waals surface area contributed by atoms with Gasteiger partial charge in [0.1, 0.15) is 0 Å². The molecule has 0 aliphatic carbocycles. The van der Waals surface area contributed by atoms with Gasteiger partial charge in [0, 0.05) is 50.5 Å². The van der Waals surface area contributed by atoms with Gasteiger partial charge in [-0.3, -0.25) is 9.59 Å². The highest BCUT2D eigenvalue weighted by molar-refractivity contribution is 6.33. The van der Waals surface area contributed by atoms with E-state index in [1.807, 2.05) is 41.3 Å². The third kappa shape index (κ3) is 3.85. The van der Waals surface area contributed by atoms with E-state index < -0.39 is 0 Å². The van der Waals surface area contributed by atoms with Gasteiger partial charge in [-0.1, -0.05) is 23.7 Å². The minimum atomic E-state index is -0.0762. The second kappa shape index (κ2) is 8.23. The molecule has 2 aliphatic rings. The zero-order valence-electron chi connectivity index (χ0n) is 15.8. The van der Waals surface area contributed by atoms with Crippen molar-refractivity contribution in [1.82, 2.24) is 9.80 Å². The van der Waals surface area contributed by atoms with Crippen molar-refractivity contribution in [2.45, 2.75) is 12.8 Å². The SMILES string of the molecule is O=C(c1ccc(N2CCCC2)cc1)N1CCN(C(=O)c2ccccc2Cl)CC1. The molecule has 0 aromatic heterocycles. The average molecular weight is 398 g/mol. The van der Waals surface area contributed by atoms with Gasteiger partial charge in [-0.25, -0.2) is 0 Å². The highest BCUT2D eigenvalue weighted by Crippen LogP contribution is 2.22. The number of amides is 2. The van der Waals surface area contributed by atoms with Crippen molar-refractivity contribution < 1.29 is 9.59 Å². The maximum absolute atomic E-state index is 12.8. The van der Waals surface area contributed by atoms with Gasteiger partial charge in [-0.2, -0.15) is 0 Å². The molecular formula is C22H24ClN3O2. The summed E-state index contributed by atoms with van der Waals surface area (Å²) in [6.45, 7) is 4.28. The lowest BCUT2D eigenvalue weighted by molar-refractivity contribution is 0.0535. The number of hydrogen-bond acceptors (Lipinski definition) is 3. The monoisotopic (exact) mass is 397 g/mol. The number of benzene rings is 2. The van der Waals surface area contributed by atoms with Crippen molar-refractivity contribution in [1.29, 1.82) is 0 Å². The summed E-state index contributed by atoms with van der Waals surface area (Å²) in [5, 5.41) is 0.462. The van der Waals surface area contributed by atoms with Gasteiger partial charge in [-0.15, -0.1) is 0 Å². The van der Waals surface area contributed by atoms with Crippen LogP contribution in [0.1, 0.15) is 33.6 Å². The van der Waals surface area contributed by atoms with Crippen LogP contribution in [-0.4, -0.2) is 60.9 Å². The Labute approximate surface area is 170 Å². The van der Waals surface area contributed by atoms with Crippen LogP contribution in [0.4, 0.5) is 5.69 Å². The smallest absolute Gasteiger partial charge is 0.255 e. The largest absolute Gasteiger partial charge is 0.372 e. The Kier molecular flexibility index (Phi) is 5.53. The molecule has 2 aromatic carbocycles. The van der Waals surface area contributed by atoms with Gasteiger partial charge in [0.15, 0.2) is 0 Å². The van der Waals surface area contributed by atoms with Crippen LogP contribution in [0.25, 0.3) is 0 Å². The third-order valence-electron chi connectivity index (χ3n) is 5.54. The highest BCUT2D eigenvalue weighted by Gasteiger charge is 2.26. The predicted molar refractivity (Wildman–Crippen MR) is 111 cm³/mol. The van der Waals surface area contributed by atoms with E-state index in [0.717, 1.165) is 13.1 Å². The summed E-state index contributed by atoms with van der Waals surface area (Å²) in [5.74, 6) is -0.0505. The maximum Gasteiger partial charge on any atom is 0.255 e. The molecule has 0 N–H and O–H groups in total. The van der Waals surface area contributed by atoms with E-state index >= 15 is 0 Å². The van der Waals surface area contributed by atoms with Crippen molar-refractivity contribution in [3.8, 4) is 0 Å². The Morgan fingerprint density at radius 1 is 0.714 bits per heavy atom. The standard InChI is InChI=1S/C22H24ClN3O2/c23-20-6-2-1-5-19(20)22(28)26-15-13-25(14-16-26)21(27)17-7-9-18(10-8-17)24-11-3-4-12-24/h1-2,5-10H,3-4,11-16H2. The summed E-state index contributed by atoms with van der Waals surface area (Å²) in [6, 6.07) is 15.0. The van der Waals surface area contributed by atoms with Crippen molar-refractivity contribution in [3.63, 3.8) is 0 Å². The van der Waals surface area contributed by atoms with Crippen LogP contribution in [0.3, 0.4) is 0 Å². The zero-order chi connectivity index (χ0) is 19.5. The summed E-state index contributed by atoms with van der Waals surface area (Å²) >= 11 is 6.14. The Morgan fingerprint density at radius 2 is 1.29 bits per heavy atom. The van der Waals surface area contributed by atoms with Crippen molar-refractivity contribution in [2.24, 2.45) is 0 Å². The van der Waals surface area contributed by atoms with Crippen LogP contribution in [0, 0.1) is 0 Å². The molecule has 0 unspecified atom stereocenters. The van der Waals surface area contributed by atoms with Crippen molar-refractivity contribution in [2.75, 3.05) is 44.2 Å². The van der Waals surface area contributed by atoms with Gasteiger partial charge in [0.05, 0.1) is 10.6 Å². The van der Waals surface area contributed by atoms with Crippen LogP contribution < -0.4 is 4.90 Å². The van der Waals surface area contributed by atoms with Gasteiger partial charge in [0.2, 0.25) is 0 Å². The molecule has 2 amide bonds. The summed E-state index contributed by atoms with van der Waals surface area (Å²) in [7, 11) is 0. The number of halogens is 1. The van der Waals surface area contributed by atoms with Crippen LogP contribution >= 0.6 is 11.6 Å². The van der Waals surface area contributed by atoms with Crippen LogP contribution in [0.2, 0.25) is 5.02 Å². The van der Waals surface area contributed by atoms with E-state index in [2.05, 4.69) is 4.90 Å². The molecule has 2 saturated heterocycles. The molecule has 0 radical (unpaired) electrons. The molecule has 5 nitrogen and oxygen atoms in total. The van der Waals surface area contributed by atoms with E-state index in [1.165, 1.54) is 18.5 Å². The molecule has 6 heteroatoms. The topological polar surface area (TPSA) is 43.9 Å². The van der Waals surface area contributed by atoms with E-state index in [1.54, 1.807) is 17.0 Å². The van der Waals surface area contributed by atoms with E-state index in [9.17, 15) is 9.59 Å². The Balaban J connectivity index is 1.36. The summed E-state index contributed by atoms with van der Waals surface area (Å²) < 4.78 is 0. The molecule has 28 heavy (non-hydrogen) atoms. The zero-order valence-corrected chi connectivity index (χ0v) is 16.6. The Bertz CT molecular complexity index is 854. The lowest BCUT2D eigenvalue weighted by Crippen LogP contribution is -2.50. The molecule has 2 fully saturated rings. The van der Waals surface area contributed by atoms with E-state index in [-0.39, 0.29) is 11.8 Å². The second-order valence-corrected chi connectivity index (χ2v) is 7.71. The first-order valence-corrected chi connectivity index (χ1v) is 10.2. The minimum absolute atomic E-state index is 0.0258. The fraction of sp³-hybridized carbons (Fsp3) is 0.364. The van der Waals surface area contributed by atoms with Gasteiger partial charge in [0.25, 0.3) is 11.8 Å². The predicted octanol–water partition coefficient (Wildman–Crippen LogP) is 3.54. The molecular weight excluding hydrogens is 374 g/mol. The molecule has 2 aromatic rings. The normalized spacial score (nSPS) is 17.1. The molecule has 4 rings (SSSR count). The number of hydrogen-bond donors (Lipinski definition) is 0. The lowest BCUT2D eigenvalue weighted by atomic mass is 10.1. The molecule has 0 atom stereocenters. The Hall–Kier alpha value is -2.53. The molecule has 0 bridgehead atoms. The molecule has 0 spiro atoms. The summed E-state index contributed by atoms with van der Waals surface area (Å²) in [4.78, 5) is 31.4. The maximum atomic E-state index is 12.8. The highest BCUT2D eigenvalue weighted by atomic mass is 35.5. The van der Waals surface area contributed by atoms with Crippen molar-refractivity contribution >= 4 is 29.1 Å². The van der Waals surface area contributed by atoms with Gasteiger partial charge < -0.3 is 14.7 Å². The fourth-order valence-electron chi connectivity index (χ4n) is 3.89. The minimum Gasteiger partial charge on any atom is -0.372 e. The van der Waals surface area contributed by atoms with Crippen LogP contribution in [-0.2, 0) is 0 Å². The number of rotatable bonds is 3. The second-order valence-electron chi connectivity index (χ2n) is 7.31. The summed E-state index contributed by atoms with van der Waals surface area (Å²) in [5.41, 5.74) is 2.40.